The fourth-order valence-corrected chi connectivity index (χ4v) is 2.47. The van der Waals surface area contributed by atoms with E-state index in [9.17, 15) is 5.11 Å². The third-order valence-electron chi connectivity index (χ3n) is 3.77. The van der Waals surface area contributed by atoms with E-state index in [0.29, 0.717) is 12.5 Å². The van der Waals surface area contributed by atoms with Crippen LogP contribution in [0.5, 0.6) is 0 Å². The minimum atomic E-state index is -0.495. The Hall–Kier alpha value is -0.0800. The first-order chi connectivity index (χ1) is 6.11. The van der Waals surface area contributed by atoms with E-state index in [-0.39, 0.29) is 5.92 Å². The Morgan fingerprint density at radius 3 is 2.77 bits per heavy atom. The van der Waals surface area contributed by atoms with Crippen molar-refractivity contribution in [2.45, 2.75) is 51.6 Å². The van der Waals surface area contributed by atoms with E-state index in [0.717, 1.165) is 19.3 Å². The van der Waals surface area contributed by atoms with Gasteiger partial charge in [-0.05, 0) is 31.2 Å². The monoisotopic (exact) mass is 185 g/mol. The van der Waals surface area contributed by atoms with Crippen molar-refractivity contribution in [3.05, 3.63) is 0 Å². The summed E-state index contributed by atoms with van der Waals surface area (Å²) in [5.41, 5.74) is 5.15. The first-order valence-corrected chi connectivity index (χ1v) is 5.53. The Labute approximate surface area is 81.5 Å². The van der Waals surface area contributed by atoms with Gasteiger partial charge >= 0.3 is 0 Å². The van der Waals surface area contributed by atoms with Crippen LogP contribution >= 0.6 is 0 Å². The largest absolute Gasteiger partial charge is 0.389 e. The zero-order chi connectivity index (χ0) is 9.90. The molecule has 0 amide bonds. The molecule has 13 heavy (non-hydrogen) atoms. The minimum Gasteiger partial charge on any atom is -0.389 e. The van der Waals surface area contributed by atoms with Gasteiger partial charge in [-0.25, -0.2) is 0 Å². The summed E-state index contributed by atoms with van der Waals surface area (Å²) in [6.07, 6.45) is 5.78. The van der Waals surface area contributed by atoms with Crippen LogP contribution in [0.4, 0.5) is 0 Å². The molecular weight excluding hydrogens is 162 g/mol. The highest BCUT2D eigenvalue weighted by Gasteiger charge is 2.38. The zero-order valence-corrected chi connectivity index (χ0v) is 8.92. The molecule has 0 bridgehead atoms. The number of nitrogens with two attached hydrogens (primary N) is 1. The Morgan fingerprint density at radius 2 is 2.15 bits per heavy atom. The lowest BCUT2D eigenvalue weighted by Gasteiger charge is -2.38. The van der Waals surface area contributed by atoms with E-state index in [1.54, 1.807) is 0 Å². The van der Waals surface area contributed by atoms with Crippen molar-refractivity contribution < 1.29 is 5.11 Å². The van der Waals surface area contributed by atoms with Crippen molar-refractivity contribution >= 4 is 0 Å². The second kappa shape index (κ2) is 4.43. The summed E-state index contributed by atoms with van der Waals surface area (Å²) in [5, 5.41) is 10.5. The number of hydrogen-bond acceptors (Lipinski definition) is 2. The highest BCUT2D eigenvalue weighted by molar-refractivity contribution is 4.90. The normalized spacial score (nSPS) is 38.3. The number of hydrogen-bond donors (Lipinski definition) is 2. The predicted octanol–water partition coefficient (Wildman–Crippen LogP) is 1.91. The van der Waals surface area contributed by atoms with Crippen LogP contribution < -0.4 is 5.73 Å². The molecule has 1 rings (SSSR count). The van der Waals surface area contributed by atoms with Gasteiger partial charge in [0.05, 0.1) is 5.60 Å². The van der Waals surface area contributed by atoms with Crippen LogP contribution in [0.1, 0.15) is 46.0 Å². The van der Waals surface area contributed by atoms with Crippen LogP contribution in [0.3, 0.4) is 0 Å². The van der Waals surface area contributed by atoms with Crippen LogP contribution in [-0.2, 0) is 0 Å². The Bertz CT molecular complexity index is 160. The maximum Gasteiger partial charge on any atom is 0.0710 e. The maximum absolute atomic E-state index is 10.5. The molecule has 2 nitrogen and oxygen atoms in total. The van der Waals surface area contributed by atoms with Gasteiger partial charge in [0.2, 0.25) is 0 Å². The fourth-order valence-electron chi connectivity index (χ4n) is 2.47. The smallest absolute Gasteiger partial charge is 0.0710 e. The molecule has 0 radical (unpaired) electrons. The molecule has 0 aromatic rings. The lowest BCUT2D eigenvalue weighted by Crippen LogP contribution is -2.45. The second-order valence-corrected chi connectivity index (χ2v) is 4.63. The minimum absolute atomic E-state index is 0.237. The van der Waals surface area contributed by atoms with Crippen molar-refractivity contribution in [1.29, 1.82) is 0 Å². The fraction of sp³-hybridized carbons (Fsp3) is 1.00. The Morgan fingerprint density at radius 1 is 1.46 bits per heavy atom. The average Bonchev–Trinajstić information content (AvgIpc) is 2.29. The summed E-state index contributed by atoms with van der Waals surface area (Å²) in [5.74, 6) is 0.647. The van der Waals surface area contributed by atoms with Gasteiger partial charge in [0.1, 0.15) is 0 Å². The van der Waals surface area contributed by atoms with Crippen LogP contribution in [0.2, 0.25) is 0 Å². The van der Waals surface area contributed by atoms with E-state index in [2.05, 4.69) is 13.8 Å². The molecule has 0 saturated heterocycles. The standard InChI is InChI=1S/C11H23NO/c1-9-6-4-3-5-7-11(9,13)10(2)8-12/h9-10,13H,3-8,12H2,1-2H3. The molecule has 3 N–H and O–H groups in total. The summed E-state index contributed by atoms with van der Waals surface area (Å²) in [6.45, 7) is 4.83. The lowest BCUT2D eigenvalue weighted by molar-refractivity contribution is -0.0607. The molecule has 1 aliphatic carbocycles. The van der Waals surface area contributed by atoms with Crippen molar-refractivity contribution in [1.82, 2.24) is 0 Å². The Kier molecular flexibility index (Phi) is 3.74. The topological polar surface area (TPSA) is 46.2 Å². The van der Waals surface area contributed by atoms with Crippen molar-refractivity contribution in [3.8, 4) is 0 Å². The van der Waals surface area contributed by atoms with Gasteiger partial charge in [0.15, 0.2) is 0 Å². The lowest BCUT2D eigenvalue weighted by atomic mass is 9.75. The molecular formula is C11H23NO. The van der Waals surface area contributed by atoms with Crippen LogP contribution in [0.15, 0.2) is 0 Å². The van der Waals surface area contributed by atoms with Crippen LogP contribution in [0, 0.1) is 11.8 Å². The molecule has 1 aliphatic rings. The van der Waals surface area contributed by atoms with Gasteiger partial charge in [0, 0.05) is 0 Å². The summed E-state index contributed by atoms with van der Waals surface area (Å²) in [6, 6.07) is 0. The van der Waals surface area contributed by atoms with Crippen LogP contribution in [0.25, 0.3) is 0 Å². The van der Waals surface area contributed by atoms with Gasteiger partial charge < -0.3 is 10.8 Å². The predicted molar refractivity (Wildman–Crippen MR) is 55.4 cm³/mol. The molecule has 0 spiro atoms. The third kappa shape index (κ3) is 2.23. The van der Waals surface area contributed by atoms with Crippen molar-refractivity contribution in [2.75, 3.05) is 6.54 Å². The number of rotatable bonds is 2. The quantitative estimate of drug-likeness (QED) is 0.646. The van der Waals surface area contributed by atoms with Gasteiger partial charge in [-0.3, -0.25) is 0 Å². The van der Waals surface area contributed by atoms with E-state index in [1.165, 1.54) is 12.8 Å². The summed E-state index contributed by atoms with van der Waals surface area (Å²) >= 11 is 0. The van der Waals surface area contributed by atoms with E-state index >= 15 is 0 Å². The first-order valence-electron chi connectivity index (χ1n) is 5.53. The maximum atomic E-state index is 10.5. The first kappa shape index (κ1) is 11.0. The highest BCUT2D eigenvalue weighted by atomic mass is 16.3. The molecule has 0 aromatic heterocycles. The number of aliphatic hydroxyl groups is 1. The molecule has 0 heterocycles. The molecule has 3 atom stereocenters. The molecule has 2 heteroatoms. The van der Waals surface area contributed by atoms with Gasteiger partial charge in [-0.1, -0.05) is 33.1 Å². The van der Waals surface area contributed by atoms with Crippen molar-refractivity contribution in [3.63, 3.8) is 0 Å². The molecule has 3 unspecified atom stereocenters. The molecule has 1 saturated carbocycles. The van der Waals surface area contributed by atoms with Crippen LogP contribution in [-0.4, -0.2) is 17.3 Å². The molecule has 1 fully saturated rings. The van der Waals surface area contributed by atoms with E-state index in [4.69, 9.17) is 5.73 Å². The van der Waals surface area contributed by atoms with Gasteiger partial charge in [-0.2, -0.15) is 0 Å². The van der Waals surface area contributed by atoms with Crippen molar-refractivity contribution in [2.24, 2.45) is 17.6 Å². The third-order valence-corrected chi connectivity index (χ3v) is 3.77. The molecule has 0 aromatic carbocycles. The summed E-state index contributed by atoms with van der Waals surface area (Å²) in [4.78, 5) is 0. The van der Waals surface area contributed by atoms with Gasteiger partial charge in [-0.15, -0.1) is 0 Å². The average molecular weight is 185 g/mol. The van der Waals surface area contributed by atoms with Gasteiger partial charge in [0.25, 0.3) is 0 Å². The summed E-state index contributed by atoms with van der Waals surface area (Å²) in [7, 11) is 0. The van der Waals surface area contributed by atoms with E-state index < -0.39 is 5.60 Å². The molecule has 78 valence electrons. The Balaban J connectivity index is 2.70. The second-order valence-electron chi connectivity index (χ2n) is 4.63. The summed E-state index contributed by atoms with van der Waals surface area (Å²) < 4.78 is 0. The SMILES string of the molecule is CC(CN)C1(O)CCCCCC1C. The molecule has 0 aliphatic heterocycles. The highest BCUT2D eigenvalue weighted by Crippen LogP contribution is 2.37. The van der Waals surface area contributed by atoms with E-state index in [1.807, 2.05) is 0 Å². The zero-order valence-electron chi connectivity index (χ0n) is 8.92.